The Labute approximate surface area is 127 Å². The average Bonchev–Trinajstić information content (AvgIpc) is 2.76. The van der Waals surface area contributed by atoms with Crippen LogP contribution in [0.15, 0.2) is 42.5 Å². The summed E-state index contributed by atoms with van der Waals surface area (Å²) in [5, 5.41) is 0. The van der Waals surface area contributed by atoms with Gasteiger partial charge in [-0.15, -0.1) is 0 Å². The summed E-state index contributed by atoms with van der Waals surface area (Å²) in [6, 6.07) is 14.6. The van der Waals surface area contributed by atoms with E-state index in [2.05, 4.69) is 65.9 Å². The lowest BCUT2D eigenvalue weighted by Gasteiger charge is -2.14. The van der Waals surface area contributed by atoms with Gasteiger partial charge in [0.25, 0.3) is 0 Å². The molecule has 0 aromatic heterocycles. The third-order valence-electron chi connectivity index (χ3n) is 3.49. The molecular formula is C16H16INO. The highest BCUT2D eigenvalue weighted by molar-refractivity contribution is 14.1. The van der Waals surface area contributed by atoms with Gasteiger partial charge in [-0.2, -0.15) is 0 Å². The first kappa shape index (κ1) is 12.9. The molecule has 0 fully saturated rings. The Hall–Kier alpha value is -1.07. The summed E-state index contributed by atoms with van der Waals surface area (Å²) < 4.78 is 6.94. The lowest BCUT2D eigenvalue weighted by atomic mass is 9.97. The number of hydrogen-bond acceptors (Lipinski definition) is 2. The molecule has 2 nitrogen and oxygen atoms in total. The maximum atomic E-state index is 6.37. The number of benzene rings is 2. The van der Waals surface area contributed by atoms with Crippen LogP contribution < -0.4 is 10.5 Å². The molecule has 19 heavy (non-hydrogen) atoms. The molecule has 3 heteroatoms. The van der Waals surface area contributed by atoms with Crippen LogP contribution in [0.4, 0.5) is 0 Å². The summed E-state index contributed by atoms with van der Waals surface area (Å²) in [5.74, 6) is 1.01. The second-order valence-electron chi connectivity index (χ2n) is 5.03. The Morgan fingerprint density at radius 3 is 2.79 bits per heavy atom. The predicted molar refractivity (Wildman–Crippen MR) is 85.4 cm³/mol. The molecule has 2 unspecified atom stereocenters. The predicted octanol–water partition coefficient (Wildman–Crippen LogP) is 3.66. The van der Waals surface area contributed by atoms with E-state index in [-0.39, 0.29) is 12.1 Å². The van der Waals surface area contributed by atoms with Crippen molar-refractivity contribution in [3.05, 3.63) is 62.7 Å². The number of rotatable bonds is 2. The molecule has 0 aliphatic carbocycles. The van der Waals surface area contributed by atoms with Gasteiger partial charge in [0.1, 0.15) is 11.9 Å². The van der Waals surface area contributed by atoms with Crippen LogP contribution >= 0.6 is 22.6 Å². The van der Waals surface area contributed by atoms with E-state index < -0.39 is 0 Å². The summed E-state index contributed by atoms with van der Waals surface area (Å²) in [6.45, 7) is 2.10. The van der Waals surface area contributed by atoms with Gasteiger partial charge in [-0.1, -0.05) is 24.3 Å². The summed E-state index contributed by atoms with van der Waals surface area (Å²) in [4.78, 5) is 0. The Balaban J connectivity index is 1.93. The molecule has 98 valence electrons. The standard InChI is InChI=1S/C16H16INO/c1-10-7-13-8-12(5-6-15(13)19-10)16(18)11-3-2-4-14(17)9-11/h2-6,8-10,16H,7,18H2,1H3. The first-order valence-corrected chi connectivity index (χ1v) is 7.52. The highest BCUT2D eigenvalue weighted by Crippen LogP contribution is 2.32. The van der Waals surface area contributed by atoms with Crippen molar-refractivity contribution in [3.8, 4) is 5.75 Å². The van der Waals surface area contributed by atoms with Gasteiger partial charge >= 0.3 is 0 Å². The zero-order chi connectivity index (χ0) is 13.4. The normalized spacial score (nSPS) is 18.8. The Morgan fingerprint density at radius 1 is 1.21 bits per heavy atom. The molecule has 2 aromatic rings. The van der Waals surface area contributed by atoms with Crippen molar-refractivity contribution < 1.29 is 4.74 Å². The summed E-state index contributed by atoms with van der Waals surface area (Å²) in [7, 11) is 0. The van der Waals surface area contributed by atoms with Crippen molar-refractivity contribution >= 4 is 22.6 Å². The molecule has 1 heterocycles. The molecule has 0 radical (unpaired) electrons. The van der Waals surface area contributed by atoms with Gasteiger partial charge in [0.15, 0.2) is 0 Å². The summed E-state index contributed by atoms with van der Waals surface area (Å²) in [5.41, 5.74) is 9.94. The third kappa shape index (κ3) is 2.62. The van der Waals surface area contributed by atoms with Gasteiger partial charge in [0.05, 0.1) is 6.04 Å². The number of fused-ring (bicyclic) bond motifs is 1. The Morgan fingerprint density at radius 2 is 2.00 bits per heavy atom. The molecule has 2 atom stereocenters. The van der Waals surface area contributed by atoms with Gasteiger partial charge in [0.2, 0.25) is 0 Å². The number of hydrogen-bond donors (Lipinski definition) is 1. The van der Waals surface area contributed by atoms with Crippen LogP contribution in [-0.4, -0.2) is 6.10 Å². The van der Waals surface area contributed by atoms with E-state index in [1.165, 1.54) is 9.13 Å². The fourth-order valence-corrected chi connectivity index (χ4v) is 3.10. The summed E-state index contributed by atoms with van der Waals surface area (Å²) >= 11 is 2.31. The van der Waals surface area contributed by atoms with E-state index in [1.54, 1.807) is 0 Å². The second-order valence-corrected chi connectivity index (χ2v) is 6.28. The van der Waals surface area contributed by atoms with E-state index in [0.29, 0.717) is 0 Å². The number of halogens is 1. The van der Waals surface area contributed by atoms with Gasteiger partial charge in [0, 0.05) is 9.99 Å². The molecule has 0 bridgehead atoms. The molecule has 1 aliphatic rings. The Bertz CT molecular complexity index is 611. The van der Waals surface area contributed by atoms with Crippen LogP contribution in [0.1, 0.15) is 29.7 Å². The van der Waals surface area contributed by atoms with E-state index in [9.17, 15) is 0 Å². The highest BCUT2D eigenvalue weighted by atomic mass is 127. The minimum atomic E-state index is -0.0732. The van der Waals surface area contributed by atoms with Crippen LogP contribution in [0, 0.1) is 3.57 Å². The minimum Gasteiger partial charge on any atom is -0.490 e. The SMILES string of the molecule is CC1Cc2cc(C(N)c3cccc(I)c3)ccc2O1. The summed E-state index contributed by atoms with van der Waals surface area (Å²) in [6.07, 6.45) is 1.25. The first-order chi connectivity index (χ1) is 9.13. The second kappa shape index (κ2) is 5.13. The van der Waals surface area contributed by atoms with E-state index in [0.717, 1.165) is 23.3 Å². The minimum absolute atomic E-state index is 0.0732. The first-order valence-electron chi connectivity index (χ1n) is 6.44. The lowest BCUT2D eigenvalue weighted by Crippen LogP contribution is -2.12. The van der Waals surface area contributed by atoms with Crippen LogP contribution in [0.25, 0.3) is 0 Å². The van der Waals surface area contributed by atoms with Crippen LogP contribution in [0.3, 0.4) is 0 Å². The monoisotopic (exact) mass is 365 g/mol. The lowest BCUT2D eigenvalue weighted by molar-refractivity contribution is 0.254. The highest BCUT2D eigenvalue weighted by Gasteiger charge is 2.20. The van der Waals surface area contributed by atoms with E-state index >= 15 is 0 Å². The topological polar surface area (TPSA) is 35.2 Å². The van der Waals surface area contributed by atoms with Gasteiger partial charge < -0.3 is 10.5 Å². The van der Waals surface area contributed by atoms with Crippen molar-refractivity contribution in [3.63, 3.8) is 0 Å². The molecule has 0 spiro atoms. The molecule has 0 saturated carbocycles. The molecule has 3 rings (SSSR count). The van der Waals surface area contributed by atoms with Crippen molar-refractivity contribution in [1.82, 2.24) is 0 Å². The number of ether oxygens (including phenoxy) is 1. The van der Waals surface area contributed by atoms with Gasteiger partial charge in [-0.25, -0.2) is 0 Å². The zero-order valence-corrected chi connectivity index (χ0v) is 12.9. The van der Waals surface area contributed by atoms with Crippen molar-refractivity contribution in [2.75, 3.05) is 0 Å². The maximum Gasteiger partial charge on any atom is 0.123 e. The molecule has 1 aliphatic heterocycles. The third-order valence-corrected chi connectivity index (χ3v) is 4.16. The number of nitrogens with two attached hydrogens (primary N) is 1. The molecule has 2 aromatic carbocycles. The fraction of sp³-hybridized carbons (Fsp3) is 0.250. The molecule has 2 N–H and O–H groups in total. The van der Waals surface area contributed by atoms with E-state index in [4.69, 9.17) is 10.5 Å². The average molecular weight is 365 g/mol. The fourth-order valence-electron chi connectivity index (χ4n) is 2.53. The molecule has 0 saturated heterocycles. The smallest absolute Gasteiger partial charge is 0.123 e. The quantitative estimate of drug-likeness (QED) is 0.825. The van der Waals surface area contributed by atoms with Crippen molar-refractivity contribution in [2.24, 2.45) is 5.73 Å². The molecule has 0 amide bonds. The van der Waals surface area contributed by atoms with Crippen LogP contribution in [0.5, 0.6) is 5.75 Å². The van der Waals surface area contributed by atoms with Gasteiger partial charge in [-0.3, -0.25) is 0 Å². The van der Waals surface area contributed by atoms with E-state index in [1.807, 2.05) is 6.07 Å². The largest absolute Gasteiger partial charge is 0.490 e. The van der Waals surface area contributed by atoms with Crippen LogP contribution in [-0.2, 0) is 6.42 Å². The van der Waals surface area contributed by atoms with Gasteiger partial charge in [-0.05, 0) is 64.4 Å². The van der Waals surface area contributed by atoms with Crippen molar-refractivity contribution in [2.45, 2.75) is 25.5 Å². The maximum absolute atomic E-state index is 6.37. The molecular weight excluding hydrogens is 349 g/mol. The zero-order valence-electron chi connectivity index (χ0n) is 10.8. The van der Waals surface area contributed by atoms with Crippen LogP contribution in [0.2, 0.25) is 0 Å². The van der Waals surface area contributed by atoms with Crippen molar-refractivity contribution in [1.29, 1.82) is 0 Å². The Kier molecular flexibility index (Phi) is 3.50.